The van der Waals surface area contributed by atoms with Gasteiger partial charge in [0.2, 0.25) is 0 Å². The minimum absolute atomic E-state index is 0.106. The van der Waals surface area contributed by atoms with Gasteiger partial charge in [0.15, 0.2) is 28.9 Å². The fraction of sp³-hybridized carbons (Fsp3) is 0.304. The van der Waals surface area contributed by atoms with Gasteiger partial charge in [-0.1, -0.05) is 0 Å². The van der Waals surface area contributed by atoms with Crippen molar-refractivity contribution >= 4 is 28.3 Å². The van der Waals surface area contributed by atoms with E-state index >= 15 is 8.78 Å². The van der Waals surface area contributed by atoms with Crippen molar-refractivity contribution in [2.45, 2.75) is 13.2 Å². The Hall–Kier alpha value is -3.57. The van der Waals surface area contributed by atoms with Gasteiger partial charge in [0.05, 0.1) is 22.3 Å². The molecule has 4 N–H and O–H groups in total. The van der Waals surface area contributed by atoms with Gasteiger partial charge in [0.1, 0.15) is 11.6 Å². The molecule has 1 atom stereocenters. The van der Waals surface area contributed by atoms with Crippen molar-refractivity contribution in [2.24, 2.45) is 0 Å². The predicted octanol–water partition coefficient (Wildman–Crippen LogP) is 3.10. The van der Waals surface area contributed by atoms with Crippen molar-refractivity contribution < 1.29 is 27.1 Å². The van der Waals surface area contributed by atoms with Crippen molar-refractivity contribution in [1.29, 1.82) is 0 Å². The van der Waals surface area contributed by atoms with E-state index in [1.165, 1.54) is 24.1 Å². The summed E-state index contributed by atoms with van der Waals surface area (Å²) in [4.78, 5) is 27.7. The lowest BCUT2D eigenvalue weighted by molar-refractivity contribution is -0.156. The zero-order valence-electron chi connectivity index (χ0n) is 19.1. The second-order valence-electron chi connectivity index (χ2n) is 8.12. The van der Waals surface area contributed by atoms with E-state index in [1.54, 1.807) is 14.1 Å². The van der Waals surface area contributed by atoms with Crippen LogP contribution < -0.4 is 16.9 Å². The number of benzene rings is 2. The number of carbonyl (C=O) groups excluding carboxylic acids is 1. The fourth-order valence-corrected chi connectivity index (χ4v) is 3.42. The van der Waals surface area contributed by atoms with Crippen LogP contribution in [0.3, 0.4) is 0 Å². The molecular formula is C23H25F3N4O4. The Labute approximate surface area is 193 Å². The molecule has 0 saturated heterocycles. The Morgan fingerprint density at radius 1 is 1.09 bits per heavy atom. The summed E-state index contributed by atoms with van der Waals surface area (Å²) in [7, 11) is 5.13. The first-order valence-electron chi connectivity index (χ1n) is 10.2. The summed E-state index contributed by atoms with van der Waals surface area (Å²) in [6.07, 6.45) is -1.49. The number of carbonyl (C=O) groups is 1. The molecule has 34 heavy (non-hydrogen) atoms. The Morgan fingerprint density at radius 2 is 1.76 bits per heavy atom. The molecule has 3 aromatic rings. The maximum atomic E-state index is 15.7. The summed E-state index contributed by atoms with van der Waals surface area (Å²) < 4.78 is 55.8. The lowest BCUT2D eigenvalue weighted by Crippen LogP contribution is -2.35. The molecule has 0 aliphatic rings. The Balaban J connectivity index is 2.26. The van der Waals surface area contributed by atoms with Gasteiger partial charge in [-0.2, -0.15) is 0 Å². The fourth-order valence-electron chi connectivity index (χ4n) is 3.42. The van der Waals surface area contributed by atoms with Crippen molar-refractivity contribution in [1.82, 2.24) is 9.80 Å². The van der Waals surface area contributed by atoms with E-state index in [0.29, 0.717) is 6.54 Å². The van der Waals surface area contributed by atoms with Gasteiger partial charge < -0.3 is 25.5 Å². The average molecular weight is 478 g/mol. The number of rotatable bonds is 7. The molecule has 0 bridgehead atoms. The number of hydrogen-bond donors (Lipinski definition) is 2. The Bertz CT molecular complexity index is 1310. The second-order valence-corrected chi connectivity index (χ2v) is 8.12. The average Bonchev–Trinajstić information content (AvgIpc) is 2.76. The summed E-state index contributed by atoms with van der Waals surface area (Å²) in [6.45, 7) is 1.86. The molecule has 3 rings (SSSR count). The first kappa shape index (κ1) is 25.1. The molecule has 11 heteroatoms. The van der Waals surface area contributed by atoms with Gasteiger partial charge in [0.25, 0.3) is 0 Å². The third-order valence-corrected chi connectivity index (χ3v) is 5.24. The quantitative estimate of drug-likeness (QED) is 0.303. The number of likely N-dealkylation sites (N-methyl/N-ethyl adjacent to an activating group) is 2. The van der Waals surface area contributed by atoms with Gasteiger partial charge in [-0.05, 0) is 39.3 Å². The van der Waals surface area contributed by atoms with Crippen LogP contribution in [0, 0.1) is 17.5 Å². The summed E-state index contributed by atoms with van der Waals surface area (Å²) in [5, 5.41) is -0.518. The van der Waals surface area contributed by atoms with E-state index in [-0.39, 0.29) is 23.6 Å². The highest BCUT2D eigenvalue weighted by molar-refractivity contribution is 5.91. The summed E-state index contributed by atoms with van der Waals surface area (Å²) >= 11 is 0. The molecule has 0 aliphatic heterocycles. The normalized spacial score (nSPS) is 12.5. The molecule has 1 aromatic heterocycles. The number of anilines is 2. The molecule has 0 saturated carbocycles. The molecule has 2 aromatic carbocycles. The maximum Gasteiger partial charge on any atom is 0.304 e. The van der Waals surface area contributed by atoms with E-state index in [9.17, 15) is 14.0 Å². The number of fused-ring (bicyclic) bond motifs is 1. The van der Waals surface area contributed by atoms with E-state index in [1.807, 2.05) is 4.90 Å². The van der Waals surface area contributed by atoms with Gasteiger partial charge in [-0.15, -0.1) is 0 Å². The molecule has 0 radical (unpaired) electrons. The molecule has 0 fully saturated rings. The van der Waals surface area contributed by atoms with Gasteiger partial charge in [0, 0.05) is 31.6 Å². The number of nitrogens with two attached hydrogens (primary N) is 2. The smallest absolute Gasteiger partial charge is 0.304 e. The van der Waals surface area contributed by atoms with Crippen LogP contribution in [0.2, 0.25) is 0 Å². The number of halogens is 3. The van der Waals surface area contributed by atoms with Crippen LogP contribution in [0.25, 0.3) is 22.3 Å². The number of nitrogen functional groups attached to an aromatic ring is 2. The highest BCUT2D eigenvalue weighted by Crippen LogP contribution is 2.36. The second kappa shape index (κ2) is 9.74. The monoisotopic (exact) mass is 478 g/mol. The van der Waals surface area contributed by atoms with Crippen LogP contribution >= 0.6 is 0 Å². The number of esters is 1. The molecule has 1 unspecified atom stereocenters. The topological polar surface area (TPSA) is 115 Å². The largest absolute Gasteiger partial charge is 0.453 e. The molecule has 0 amide bonds. The number of hydrogen-bond acceptors (Lipinski definition) is 8. The van der Waals surface area contributed by atoms with Crippen LogP contribution in [-0.4, -0.2) is 50.0 Å². The van der Waals surface area contributed by atoms with E-state index in [0.717, 1.165) is 19.1 Å². The molecule has 0 aliphatic carbocycles. The third kappa shape index (κ3) is 4.85. The zero-order chi connectivity index (χ0) is 25.3. The predicted molar refractivity (Wildman–Crippen MR) is 122 cm³/mol. The molecular weight excluding hydrogens is 453 g/mol. The molecule has 8 nitrogen and oxygen atoms in total. The third-order valence-electron chi connectivity index (χ3n) is 5.24. The van der Waals surface area contributed by atoms with Crippen LogP contribution in [-0.2, 0) is 9.53 Å². The minimum atomic E-state index is -1.49. The van der Waals surface area contributed by atoms with Crippen molar-refractivity contribution in [3.63, 3.8) is 0 Å². The van der Waals surface area contributed by atoms with Crippen LogP contribution in [0.15, 0.2) is 33.5 Å². The summed E-state index contributed by atoms with van der Waals surface area (Å²) in [5.41, 5.74) is 8.49. The van der Waals surface area contributed by atoms with Gasteiger partial charge in [-0.3, -0.25) is 14.5 Å². The maximum absolute atomic E-state index is 15.7. The first-order valence-corrected chi connectivity index (χ1v) is 10.2. The SMILES string of the molecule is CC(=O)OC(c1c(F)c(N)c2c(=O)cc(-c3ccc(N)c(F)c3)oc2c1F)N(C)CCN(C)C. The van der Waals surface area contributed by atoms with E-state index in [4.69, 9.17) is 20.6 Å². The molecule has 182 valence electrons. The highest BCUT2D eigenvalue weighted by Gasteiger charge is 2.32. The van der Waals surface area contributed by atoms with Crippen LogP contribution in [0.1, 0.15) is 18.7 Å². The Kier molecular flexibility index (Phi) is 7.18. The van der Waals surface area contributed by atoms with Crippen molar-refractivity contribution in [3.05, 3.63) is 57.5 Å². The van der Waals surface area contributed by atoms with E-state index < -0.39 is 57.3 Å². The van der Waals surface area contributed by atoms with Crippen LogP contribution in [0.5, 0.6) is 0 Å². The summed E-state index contributed by atoms with van der Waals surface area (Å²) in [5.74, 6) is -4.24. The van der Waals surface area contributed by atoms with Gasteiger partial charge >= 0.3 is 5.97 Å². The lowest BCUT2D eigenvalue weighted by atomic mass is 10.0. The molecule has 1 heterocycles. The standard InChI is InChI=1S/C23H25F3N4O4/c1-11(31)33-23(30(4)8-7-29(2)3)18-19(25)21(28)17-15(32)10-16(34-22(17)20(18)26)12-5-6-14(27)13(24)9-12/h5-6,9-10,23H,7-8,27-28H2,1-4H3. The first-order chi connectivity index (χ1) is 15.9. The molecule has 0 spiro atoms. The zero-order valence-corrected chi connectivity index (χ0v) is 19.1. The number of nitrogens with zero attached hydrogens (tertiary/aromatic N) is 2. The van der Waals surface area contributed by atoms with Crippen molar-refractivity contribution in [3.8, 4) is 11.3 Å². The Morgan fingerprint density at radius 3 is 2.35 bits per heavy atom. The van der Waals surface area contributed by atoms with Gasteiger partial charge in [-0.25, -0.2) is 13.2 Å². The minimum Gasteiger partial charge on any atom is -0.453 e. The van der Waals surface area contributed by atoms with E-state index in [2.05, 4.69) is 0 Å². The lowest BCUT2D eigenvalue weighted by Gasteiger charge is -2.29. The van der Waals surface area contributed by atoms with Crippen LogP contribution in [0.4, 0.5) is 24.5 Å². The summed E-state index contributed by atoms with van der Waals surface area (Å²) in [6, 6.07) is 4.60. The number of ether oxygens (including phenoxy) is 1. The van der Waals surface area contributed by atoms with Crippen molar-refractivity contribution in [2.75, 3.05) is 45.7 Å². The highest BCUT2D eigenvalue weighted by atomic mass is 19.1.